The third-order valence-corrected chi connectivity index (χ3v) is 9.49. The van der Waals surface area contributed by atoms with Gasteiger partial charge in [-0.3, -0.25) is 9.36 Å². The van der Waals surface area contributed by atoms with Crippen molar-refractivity contribution in [1.29, 1.82) is 5.26 Å². The highest BCUT2D eigenvalue weighted by Gasteiger charge is 2.34. The minimum Gasteiger partial charge on any atom is -0.446 e. The fraction of sp³-hybridized carbons (Fsp3) is 0.520. The molecule has 0 saturated heterocycles. The quantitative estimate of drug-likeness (QED) is 0.288. The Labute approximate surface area is 222 Å². The van der Waals surface area contributed by atoms with Gasteiger partial charge in [-0.25, -0.2) is 0 Å². The van der Waals surface area contributed by atoms with Gasteiger partial charge in [-0.1, -0.05) is 39.0 Å². The van der Waals surface area contributed by atoms with E-state index in [1.165, 1.54) is 16.6 Å². The lowest BCUT2D eigenvalue weighted by Gasteiger charge is -2.36. The molecule has 186 valence electrons. The molecule has 0 fully saturated rings. The van der Waals surface area contributed by atoms with Crippen molar-refractivity contribution in [1.82, 2.24) is 14.8 Å². The highest BCUT2D eigenvalue weighted by atomic mass is 79.9. The zero-order chi connectivity index (χ0) is 25.3. The lowest BCUT2D eigenvalue weighted by Crippen LogP contribution is -2.28. The van der Waals surface area contributed by atoms with Crippen LogP contribution in [0.5, 0.6) is 0 Å². The average molecular weight is 577 g/mol. The highest BCUT2D eigenvalue weighted by Crippen LogP contribution is 2.45. The highest BCUT2D eigenvalue weighted by molar-refractivity contribution is 9.10. The summed E-state index contributed by atoms with van der Waals surface area (Å²) in [5.74, 6) is 1.84. The van der Waals surface area contributed by atoms with Gasteiger partial charge in [0, 0.05) is 10.9 Å². The summed E-state index contributed by atoms with van der Waals surface area (Å²) in [6.45, 7) is 11.0. The Morgan fingerprint density at radius 1 is 1.43 bits per heavy atom. The zero-order valence-corrected chi connectivity index (χ0v) is 23.9. The molecule has 0 saturated carbocycles. The number of anilines is 1. The first-order valence-corrected chi connectivity index (χ1v) is 14.4. The number of hydrogen-bond donors (Lipinski definition) is 1. The minimum atomic E-state index is -0.156. The first kappa shape index (κ1) is 26.0. The molecule has 10 heteroatoms. The molecule has 3 aromatic rings. The van der Waals surface area contributed by atoms with Crippen molar-refractivity contribution in [2.24, 2.45) is 11.3 Å². The summed E-state index contributed by atoms with van der Waals surface area (Å²) < 4.78 is 8.24. The first-order chi connectivity index (χ1) is 16.6. The largest absolute Gasteiger partial charge is 0.446 e. The zero-order valence-electron chi connectivity index (χ0n) is 20.6. The molecule has 1 amide bonds. The number of furan rings is 1. The molecular weight excluding hydrogens is 546 g/mol. The fourth-order valence-electron chi connectivity index (χ4n) is 4.48. The molecule has 4 rings (SSSR count). The molecule has 3 heterocycles. The van der Waals surface area contributed by atoms with E-state index in [0.29, 0.717) is 37.9 Å². The number of thioether (sulfide) groups is 1. The molecule has 1 aliphatic rings. The SMILES string of the molecule is CCC(C)(C)C1CCc2c(sc(NC(=O)CSc3nnc(-c4ccc(Br)o4)n3C(C)C)c2C#N)C1. The van der Waals surface area contributed by atoms with Crippen molar-refractivity contribution in [3.63, 3.8) is 0 Å². The number of carbonyl (C=O) groups excluding carboxylic acids is 1. The summed E-state index contributed by atoms with van der Waals surface area (Å²) >= 11 is 6.21. The number of nitrogens with one attached hydrogen (secondary N) is 1. The lowest BCUT2D eigenvalue weighted by molar-refractivity contribution is -0.113. The van der Waals surface area contributed by atoms with Gasteiger partial charge in [0.05, 0.1) is 11.3 Å². The van der Waals surface area contributed by atoms with Crippen LogP contribution in [0, 0.1) is 22.7 Å². The molecule has 1 unspecified atom stereocenters. The Morgan fingerprint density at radius 2 is 2.20 bits per heavy atom. The molecule has 0 aromatic carbocycles. The maximum absolute atomic E-state index is 12.9. The number of nitrogens with zero attached hydrogens (tertiary/aromatic N) is 4. The average Bonchev–Trinajstić information content (AvgIpc) is 3.52. The number of rotatable bonds is 8. The van der Waals surface area contributed by atoms with E-state index in [4.69, 9.17) is 4.42 Å². The fourth-order valence-corrected chi connectivity index (χ4v) is 6.95. The van der Waals surface area contributed by atoms with Gasteiger partial charge in [0.1, 0.15) is 11.1 Å². The van der Waals surface area contributed by atoms with Crippen molar-refractivity contribution >= 4 is 49.9 Å². The maximum Gasteiger partial charge on any atom is 0.235 e. The summed E-state index contributed by atoms with van der Waals surface area (Å²) in [5.41, 5.74) is 2.02. The van der Waals surface area contributed by atoms with Crippen molar-refractivity contribution in [3.05, 3.63) is 32.8 Å². The molecular formula is C25H30BrN5O2S2. The molecule has 0 aliphatic heterocycles. The van der Waals surface area contributed by atoms with E-state index in [-0.39, 0.29) is 23.1 Å². The Bertz CT molecular complexity index is 1270. The molecule has 0 radical (unpaired) electrons. The van der Waals surface area contributed by atoms with Crippen molar-refractivity contribution in [3.8, 4) is 17.7 Å². The number of nitriles is 1. The van der Waals surface area contributed by atoms with Crippen molar-refractivity contribution < 1.29 is 9.21 Å². The van der Waals surface area contributed by atoms with E-state index in [2.05, 4.69) is 58.3 Å². The van der Waals surface area contributed by atoms with Crippen LogP contribution in [0.1, 0.15) is 69.5 Å². The second kappa shape index (κ2) is 10.5. The van der Waals surface area contributed by atoms with Gasteiger partial charge in [0.2, 0.25) is 11.7 Å². The third kappa shape index (κ3) is 5.37. The first-order valence-electron chi connectivity index (χ1n) is 11.8. The molecule has 0 spiro atoms. The van der Waals surface area contributed by atoms with Gasteiger partial charge in [0.25, 0.3) is 0 Å². The van der Waals surface area contributed by atoms with E-state index in [1.54, 1.807) is 11.3 Å². The van der Waals surface area contributed by atoms with Crippen LogP contribution in [-0.4, -0.2) is 26.4 Å². The van der Waals surface area contributed by atoms with E-state index < -0.39 is 0 Å². The van der Waals surface area contributed by atoms with Gasteiger partial charge >= 0.3 is 0 Å². The van der Waals surface area contributed by atoms with Crippen LogP contribution < -0.4 is 5.32 Å². The summed E-state index contributed by atoms with van der Waals surface area (Å²) in [5, 5.41) is 22.7. The molecule has 1 aliphatic carbocycles. The Hall–Kier alpha value is -2.09. The normalized spacial score (nSPS) is 15.8. The number of halogens is 1. The standard InChI is InChI=1S/C25H30BrN5O2S2/c1-6-25(4,5)15-7-8-16-17(12-27)23(35-19(16)11-15)28-21(32)13-34-24-30-29-22(31(24)14(2)3)18-9-10-20(26)33-18/h9-10,14-15H,6-8,11,13H2,1-5H3,(H,28,32). The summed E-state index contributed by atoms with van der Waals surface area (Å²) in [7, 11) is 0. The number of hydrogen-bond acceptors (Lipinski definition) is 7. The van der Waals surface area contributed by atoms with Crippen LogP contribution in [0.15, 0.2) is 26.4 Å². The van der Waals surface area contributed by atoms with Gasteiger partial charge in [-0.05, 0) is 78.1 Å². The maximum atomic E-state index is 12.9. The molecule has 0 bridgehead atoms. The number of fused-ring (bicyclic) bond motifs is 1. The predicted molar refractivity (Wildman–Crippen MR) is 144 cm³/mol. The molecule has 3 aromatic heterocycles. The van der Waals surface area contributed by atoms with Crippen LogP contribution in [0.3, 0.4) is 0 Å². The van der Waals surface area contributed by atoms with E-state index >= 15 is 0 Å². The molecule has 1 N–H and O–H groups in total. The van der Waals surface area contributed by atoms with E-state index in [0.717, 1.165) is 31.2 Å². The summed E-state index contributed by atoms with van der Waals surface area (Å²) in [6, 6.07) is 6.08. The molecule has 35 heavy (non-hydrogen) atoms. The lowest BCUT2D eigenvalue weighted by atomic mass is 9.69. The number of aromatic nitrogens is 3. The van der Waals surface area contributed by atoms with Crippen LogP contribution in [0.25, 0.3) is 11.6 Å². The number of carbonyl (C=O) groups is 1. The van der Waals surface area contributed by atoms with Crippen LogP contribution >= 0.6 is 39.0 Å². The smallest absolute Gasteiger partial charge is 0.235 e. The van der Waals surface area contributed by atoms with Gasteiger partial charge in [0.15, 0.2) is 15.6 Å². The monoisotopic (exact) mass is 575 g/mol. The minimum absolute atomic E-state index is 0.0870. The van der Waals surface area contributed by atoms with Crippen molar-refractivity contribution in [2.75, 3.05) is 11.1 Å². The number of thiophene rings is 1. The van der Waals surface area contributed by atoms with Gasteiger partial charge in [-0.15, -0.1) is 21.5 Å². The second-order valence-electron chi connectivity index (χ2n) is 9.81. The molecule has 7 nitrogen and oxygen atoms in total. The Balaban J connectivity index is 1.47. The van der Waals surface area contributed by atoms with Crippen LogP contribution in [0.4, 0.5) is 5.00 Å². The summed E-state index contributed by atoms with van der Waals surface area (Å²) in [4.78, 5) is 14.1. The second-order valence-corrected chi connectivity index (χ2v) is 12.6. The van der Waals surface area contributed by atoms with Crippen LogP contribution in [0.2, 0.25) is 0 Å². The third-order valence-electron chi connectivity index (χ3n) is 6.95. The van der Waals surface area contributed by atoms with Gasteiger partial charge < -0.3 is 9.73 Å². The summed E-state index contributed by atoms with van der Waals surface area (Å²) in [6.07, 6.45) is 4.09. The predicted octanol–water partition coefficient (Wildman–Crippen LogP) is 7.09. The van der Waals surface area contributed by atoms with Crippen LogP contribution in [-0.2, 0) is 17.6 Å². The Morgan fingerprint density at radius 3 is 2.83 bits per heavy atom. The topological polar surface area (TPSA) is 96.7 Å². The number of amides is 1. The molecule has 1 atom stereocenters. The van der Waals surface area contributed by atoms with E-state index in [1.807, 2.05) is 30.5 Å². The van der Waals surface area contributed by atoms with E-state index in [9.17, 15) is 10.1 Å². The van der Waals surface area contributed by atoms with Gasteiger partial charge in [-0.2, -0.15) is 5.26 Å². The van der Waals surface area contributed by atoms with Crippen molar-refractivity contribution in [2.45, 2.75) is 71.5 Å². The Kier molecular flexibility index (Phi) is 7.79.